The van der Waals surface area contributed by atoms with Gasteiger partial charge in [-0.3, -0.25) is 0 Å². The van der Waals surface area contributed by atoms with Crippen molar-refractivity contribution >= 4 is 5.69 Å². The molecule has 0 radical (unpaired) electrons. The maximum Gasteiger partial charge on any atom is 0.126 e. The molecule has 1 saturated heterocycles. The van der Waals surface area contributed by atoms with Crippen molar-refractivity contribution in [3.63, 3.8) is 0 Å². The number of hydrogen-bond acceptors (Lipinski definition) is 4. The molecule has 1 fully saturated rings. The zero-order valence-corrected chi connectivity index (χ0v) is 11.8. The largest absolute Gasteiger partial charge is 0.496 e. The Morgan fingerprint density at radius 2 is 2.16 bits per heavy atom. The van der Waals surface area contributed by atoms with E-state index < -0.39 is 6.10 Å². The average molecular weight is 265 g/mol. The maximum atomic E-state index is 10.0. The fourth-order valence-electron chi connectivity index (χ4n) is 2.67. The van der Waals surface area contributed by atoms with E-state index in [1.54, 1.807) is 14.0 Å². The zero-order chi connectivity index (χ0) is 14.0. The number of anilines is 1. The molecule has 1 heterocycles. The van der Waals surface area contributed by atoms with E-state index in [-0.39, 0.29) is 6.10 Å². The van der Waals surface area contributed by atoms with Gasteiger partial charge >= 0.3 is 0 Å². The number of β-amino-alcohol motifs (C(OH)–C–C–N with tert-alkyl or cyclic N) is 1. The number of rotatable bonds is 3. The van der Waals surface area contributed by atoms with Crippen molar-refractivity contribution in [2.75, 3.05) is 25.1 Å². The molecule has 2 N–H and O–H groups in total. The highest BCUT2D eigenvalue weighted by atomic mass is 16.5. The smallest absolute Gasteiger partial charge is 0.126 e. The van der Waals surface area contributed by atoms with Crippen molar-refractivity contribution in [3.05, 3.63) is 23.8 Å². The van der Waals surface area contributed by atoms with E-state index in [9.17, 15) is 10.2 Å². The van der Waals surface area contributed by atoms with Crippen LogP contribution in [0.15, 0.2) is 18.2 Å². The van der Waals surface area contributed by atoms with Gasteiger partial charge in [0.1, 0.15) is 5.75 Å². The molecule has 3 atom stereocenters. The number of benzene rings is 1. The summed E-state index contributed by atoms with van der Waals surface area (Å²) in [5, 5.41) is 20.0. The summed E-state index contributed by atoms with van der Waals surface area (Å²) < 4.78 is 5.34. The Balaban J connectivity index is 2.34. The fourth-order valence-corrected chi connectivity index (χ4v) is 2.67. The molecule has 4 heteroatoms. The molecule has 1 aromatic carbocycles. The predicted octanol–water partition coefficient (Wildman–Crippen LogP) is 1.96. The van der Waals surface area contributed by atoms with Gasteiger partial charge in [-0.1, -0.05) is 13.0 Å². The van der Waals surface area contributed by atoms with Gasteiger partial charge in [0.05, 0.1) is 19.3 Å². The van der Waals surface area contributed by atoms with E-state index in [2.05, 4.69) is 11.8 Å². The van der Waals surface area contributed by atoms with Gasteiger partial charge in [-0.25, -0.2) is 0 Å². The summed E-state index contributed by atoms with van der Waals surface area (Å²) in [6.45, 7) is 5.31. The summed E-state index contributed by atoms with van der Waals surface area (Å²) in [6.07, 6.45) is 0.0434. The molecule has 0 saturated carbocycles. The van der Waals surface area contributed by atoms with Gasteiger partial charge in [-0.05, 0) is 31.4 Å². The number of methoxy groups -OCH3 is 1. The van der Waals surface area contributed by atoms with Gasteiger partial charge in [0, 0.05) is 24.3 Å². The topological polar surface area (TPSA) is 52.9 Å². The van der Waals surface area contributed by atoms with Crippen molar-refractivity contribution in [2.45, 2.75) is 32.5 Å². The van der Waals surface area contributed by atoms with Crippen LogP contribution in [0.5, 0.6) is 5.75 Å². The minimum absolute atomic E-state index is 0.318. The molecule has 1 aromatic rings. The SMILES string of the molecule is COc1cccc(N2CCC(C)C(O)C2)c1[C@H](C)O. The van der Waals surface area contributed by atoms with Gasteiger partial charge in [-0.15, -0.1) is 0 Å². The summed E-state index contributed by atoms with van der Waals surface area (Å²) in [5.41, 5.74) is 1.76. The summed E-state index contributed by atoms with van der Waals surface area (Å²) in [5.74, 6) is 1.03. The van der Waals surface area contributed by atoms with Crippen LogP contribution in [0.1, 0.15) is 31.9 Å². The van der Waals surface area contributed by atoms with Gasteiger partial charge in [0.2, 0.25) is 0 Å². The van der Waals surface area contributed by atoms with Crippen molar-refractivity contribution < 1.29 is 14.9 Å². The Kier molecular flexibility index (Phi) is 4.32. The lowest BCUT2D eigenvalue weighted by Gasteiger charge is -2.37. The number of nitrogens with zero attached hydrogens (tertiary/aromatic N) is 1. The van der Waals surface area contributed by atoms with E-state index in [1.165, 1.54) is 0 Å². The molecular weight excluding hydrogens is 242 g/mol. The first-order chi connectivity index (χ1) is 9.04. The molecule has 1 aliphatic rings. The minimum Gasteiger partial charge on any atom is -0.496 e. The Bertz CT molecular complexity index is 433. The highest BCUT2D eigenvalue weighted by Gasteiger charge is 2.27. The van der Waals surface area contributed by atoms with Gasteiger partial charge in [-0.2, -0.15) is 0 Å². The third-order valence-corrected chi connectivity index (χ3v) is 3.94. The summed E-state index contributed by atoms with van der Waals surface area (Å²) in [6, 6.07) is 5.76. The first-order valence-electron chi connectivity index (χ1n) is 6.82. The van der Waals surface area contributed by atoms with Crippen LogP contribution in [0.3, 0.4) is 0 Å². The second kappa shape index (κ2) is 5.80. The Labute approximate surface area is 114 Å². The Hall–Kier alpha value is -1.26. The average Bonchev–Trinajstić information content (AvgIpc) is 2.40. The second-order valence-electron chi connectivity index (χ2n) is 5.35. The summed E-state index contributed by atoms with van der Waals surface area (Å²) in [4.78, 5) is 2.13. The van der Waals surface area contributed by atoms with Crippen molar-refractivity contribution in [2.24, 2.45) is 5.92 Å². The minimum atomic E-state index is -0.595. The molecule has 2 unspecified atom stereocenters. The van der Waals surface area contributed by atoms with Gasteiger partial charge in [0.15, 0.2) is 0 Å². The molecule has 0 aliphatic carbocycles. The molecule has 0 bridgehead atoms. The number of piperidine rings is 1. The molecule has 106 valence electrons. The van der Waals surface area contributed by atoms with Crippen LogP contribution in [0, 0.1) is 5.92 Å². The monoisotopic (exact) mass is 265 g/mol. The summed E-state index contributed by atoms with van der Waals surface area (Å²) in [7, 11) is 1.61. The highest BCUT2D eigenvalue weighted by molar-refractivity contribution is 5.60. The fraction of sp³-hybridized carbons (Fsp3) is 0.600. The van der Waals surface area contributed by atoms with Crippen LogP contribution in [-0.4, -0.2) is 36.5 Å². The molecule has 2 rings (SSSR count). The Morgan fingerprint density at radius 1 is 1.42 bits per heavy atom. The van der Waals surface area contributed by atoms with E-state index in [0.717, 1.165) is 24.2 Å². The van der Waals surface area contributed by atoms with Crippen LogP contribution in [-0.2, 0) is 0 Å². The third kappa shape index (κ3) is 2.85. The lowest BCUT2D eigenvalue weighted by atomic mass is 9.94. The third-order valence-electron chi connectivity index (χ3n) is 3.94. The van der Waals surface area contributed by atoms with E-state index >= 15 is 0 Å². The van der Waals surface area contributed by atoms with Crippen LogP contribution < -0.4 is 9.64 Å². The van der Waals surface area contributed by atoms with Crippen molar-refractivity contribution in [1.29, 1.82) is 0 Å². The van der Waals surface area contributed by atoms with Crippen LogP contribution in [0.25, 0.3) is 0 Å². The van der Waals surface area contributed by atoms with Crippen LogP contribution in [0.2, 0.25) is 0 Å². The molecule has 4 nitrogen and oxygen atoms in total. The molecule has 0 aromatic heterocycles. The van der Waals surface area contributed by atoms with Crippen molar-refractivity contribution in [3.8, 4) is 5.75 Å². The lowest BCUT2D eigenvalue weighted by Crippen LogP contribution is -2.43. The molecule has 19 heavy (non-hydrogen) atoms. The summed E-state index contributed by atoms with van der Waals surface area (Å²) >= 11 is 0. The predicted molar refractivity (Wildman–Crippen MR) is 75.6 cm³/mol. The molecule has 0 amide bonds. The molecular formula is C15H23NO3. The first-order valence-corrected chi connectivity index (χ1v) is 6.82. The van der Waals surface area contributed by atoms with Gasteiger partial charge < -0.3 is 19.8 Å². The highest BCUT2D eigenvalue weighted by Crippen LogP contribution is 2.36. The lowest BCUT2D eigenvalue weighted by molar-refractivity contribution is 0.102. The Morgan fingerprint density at radius 3 is 2.74 bits per heavy atom. The van der Waals surface area contributed by atoms with Crippen molar-refractivity contribution in [1.82, 2.24) is 0 Å². The quantitative estimate of drug-likeness (QED) is 0.877. The molecule has 1 aliphatic heterocycles. The van der Waals surface area contributed by atoms with Gasteiger partial charge in [0.25, 0.3) is 0 Å². The van der Waals surface area contributed by atoms with E-state index in [0.29, 0.717) is 18.2 Å². The number of aliphatic hydroxyl groups is 2. The normalized spacial score (nSPS) is 25.2. The number of hydrogen-bond donors (Lipinski definition) is 2. The van der Waals surface area contributed by atoms with Crippen LogP contribution >= 0.6 is 0 Å². The van der Waals surface area contributed by atoms with E-state index in [1.807, 2.05) is 18.2 Å². The second-order valence-corrected chi connectivity index (χ2v) is 5.35. The van der Waals surface area contributed by atoms with Crippen LogP contribution in [0.4, 0.5) is 5.69 Å². The number of ether oxygens (including phenoxy) is 1. The first kappa shape index (κ1) is 14.2. The number of aliphatic hydroxyl groups excluding tert-OH is 2. The zero-order valence-electron chi connectivity index (χ0n) is 11.8. The maximum absolute atomic E-state index is 10.0. The molecule has 0 spiro atoms. The van der Waals surface area contributed by atoms with E-state index in [4.69, 9.17) is 4.74 Å². The standard InChI is InChI=1S/C15H23NO3/c1-10-7-8-16(9-13(10)18)12-5-4-6-14(19-3)15(12)11(2)17/h4-6,10-11,13,17-18H,7-9H2,1-3H3/t10?,11-,13?/m0/s1.